The van der Waals surface area contributed by atoms with Gasteiger partial charge >= 0.3 is 0 Å². The fourth-order valence-corrected chi connectivity index (χ4v) is 3.12. The van der Waals surface area contributed by atoms with E-state index in [0.29, 0.717) is 18.9 Å². The van der Waals surface area contributed by atoms with Crippen molar-refractivity contribution in [2.45, 2.75) is 53.6 Å². The summed E-state index contributed by atoms with van der Waals surface area (Å²) in [5, 5.41) is 21.1. The number of aromatic nitrogens is 2. The Morgan fingerprint density at radius 1 is 1.32 bits per heavy atom. The van der Waals surface area contributed by atoms with Crippen molar-refractivity contribution in [3.63, 3.8) is 0 Å². The molecule has 0 aliphatic heterocycles. The van der Waals surface area contributed by atoms with E-state index in [2.05, 4.69) is 41.5 Å². The first-order chi connectivity index (χ1) is 13.3. The Hall–Kier alpha value is -2.70. The second-order valence-corrected chi connectivity index (χ2v) is 6.95. The Bertz CT molecular complexity index is 813. The number of phenolic OH excluding ortho intramolecular Hbond substituents is 1. The number of aromatic hydroxyl groups is 1. The van der Waals surface area contributed by atoms with Gasteiger partial charge in [-0.25, -0.2) is 4.99 Å². The van der Waals surface area contributed by atoms with Crippen molar-refractivity contribution in [3.05, 3.63) is 40.7 Å². The second kappa shape index (κ2) is 10.0. The molecule has 1 heterocycles. The molecule has 0 bridgehead atoms. The molecule has 3 N–H and O–H groups in total. The van der Waals surface area contributed by atoms with Crippen LogP contribution in [0.25, 0.3) is 0 Å². The average Bonchev–Trinajstić information content (AvgIpc) is 2.88. The van der Waals surface area contributed by atoms with Crippen LogP contribution in [0.3, 0.4) is 0 Å². The standard InChI is InChI=1S/C21H33N5O2/c1-7-22-21(23-13-17-9-10-19(27)20(12-17)28-8-2)24-14(3)11-18-15(4)25-26(6)16(18)5/h9-10,12,14,27H,7-8,11,13H2,1-6H3,(H2,22,23,24). The molecule has 0 aliphatic rings. The van der Waals surface area contributed by atoms with Gasteiger partial charge in [0.2, 0.25) is 0 Å². The summed E-state index contributed by atoms with van der Waals surface area (Å²) in [6.07, 6.45) is 0.879. The molecule has 0 amide bonds. The number of phenols is 1. The number of benzene rings is 1. The highest BCUT2D eigenvalue weighted by Crippen LogP contribution is 2.27. The Labute approximate surface area is 167 Å². The number of aryl methyl sites for hydroxylation is 2. The van der Waals surface area contributed by atoms with Crippen molar-refractivity contribution in [1.82, 2.24) is 20.4 Å². The van der Waals surface area contributed by atoms with Crippen molar-refractivity contribution >= 4 is 5.96 Å². The third-order valence-electron chi connectivity index (χ3n) is 4.64. The van der Waals surface area contributed by atoms with Crippen LogP contribution in [-0.2, 0) is 20.0 Å². The molecule has 1 aromatic carbocycles. The van der Waals surface area contributed by atoms with Crippen LogP contribution in [0.4, 0.5) is 0 Å². The van der Waals surface area contributed by atoms with Crippen LogP contribution in [0, 0.1) is 13.8 Å². The van der Waals surface area contributed by atoms with Crippen LogP contribution in [-0.4, -0.2) is 40.0 Å². The molecule has 154 valence electrons. The van der Waals surface area contributed by atoms with Gasteiger partial charge in [0.15, 0.2) is 17.5 Å². The maximum atomic E-state index is 9.84. The predicted molar refractivity (Wildman–Crippen MR) is 113 cm³/mol. The molecule has 28 heavy (non-hydrogen) atoms. The average molecular weight is 388 g/mol. The Morgan fingerprint density at radius 3 is 2.68 bits per heavy atom. The number of guanidine groups is 1. The Kier molecular flexibility index (Phi) is 7.72. The zero-order valence-electron chi connectivity index (χ0n) is 17.8. The molecule has 2 aromatic rings. The van der Waals surface area contributed by atoms with Crippen LogP contribution >= 0.6 is 0 Å². The molecule has 0 saturated heterocycles. The number of aliphatic imine (C=N–C) groups is 1. The van der Waals surface area contributed by atoms with Gasteiger partial charge in [-0.1, -0.05) is 6.07 Å². The van der Waals surface area contributed by atoms with Crippen LogP contribution in [0.1, 0.15) is 43.3 Å². The highest BCUT2D eigenvalue weighted by atomic mass is 16.5. The van der Waals surface area contributed by atoms with Gasteiger partial charge in [-0.2, -0.15) is 5.10 Å². The van der Waals surface area contributed by atoms with E-state index >= 15 is 0 Å². The lowest BCUT2D eigenvalue weighted by Crippen LogP contribution is -2.43. The van der Waals surface area contributed by atoms with Gasteiger partial charge in [-0.3, -0.25) is 4.68 Å². The van der Waals surface area contributed by atoms with E-state index in [1.807, 2.05) is 37.7 Å². The number of nitrogens with one attached hydrogen (secondary N) is 2. The van der Waals surface area contributed by atoms with E-state index in [4.69, 9.17) is 4.74 Å². The summed E-state index contributed by atoms with van der Waals surface area (Å²) in [6.45, 7) is 12.0. The lowest BCUT2D eigenvalue weighted by Gasteiger charge is -2.18. The van der Waals surface area contributed by atoms with Gasteiger partial charge < -0.3 is 20.5 Å². The van der Waals surface area contributed by atoms with Crippen molar-refractivity contribution in [2.24, 2.45) is 12.0 Å². The van der Waals surface area contributed by atoms with E-state index in [1.54, 1.807) is 6.07 Å². The van der Waals surface area contributed by atoms with Gasteiger partial charge in [0, 0.05) is 25.3 Å². The largest absolute Gasteiger partial charge is 0.504 e. The lowest BCUT2D eigenvalue weighted by atomic mass is 10.1. The first-order valence-corrected chi connectivity index (χ1v) is 9.84. The quantitative estimate of drug-likeness (QED) is 0.479. The monoisotopic (exact) mass is 387 g/mol. The van der Waals surface area contributed by atoms with Gasteiger partial charge in [-0.05, 0) is 64.3 Å². The van der Waals surface area contributed by atoms with Crippen LogP contribution in [0.5, 0.6) is 11.5 Å². The topological polar surface area (TPSA) is 83.7 Å². The minimum absolute atomic E-state index is 0.149. The summed E-state index contributed by atoms with van der Waals surface area (Å²) >= 11 is 0. The molecule has 2 rings (SSSR count). The number of ether oxygens (including phenoxy) is 1. The third kappa shape index (κ3) is 5.65. The predicted octanol–water partition coefficient (Wildman–Crippen LogP) is 2.83. The zero-order valence-corrected chi connectivity index (χ0v) is 17.8. The van der Waals surface area contributed by atoms with E-state index in [0.717, 1.165) is 30.2 Å². The maximum Gasteiger partial charge on any atom is 0.191 e. The minimum Gasteiger partial charge on any atom is -0.504 e. The zero-order chi connectivity index (χ0) is 20.7. The van der Waals surface area contributed by atoms with Crippen LogP contribution in [0.2, 0.25) is 0 Å². The Morgan fingerprint density at radius 2 is 2.07 bits per heavy atom. The highest BCUT2D eigenvalue weighted by Gasteiger charge is 2.14. The molecular formula is C21H33N5O2. The summed E-state index contributed by atoms with van der Waals surface area (Å²) in [4.78, 5) is 4.68. The van der Waals surface area contributed by atoms with Crippen molar-refractivity contribution in [3.8, 4) is 11.5 Å². The molecule has 0 saturated carbocycles. The molecular weight excluding hydrogens is 354 g/mol. The van der Waals surface area contributed by atoms with Crippen molar-refractivity contribution < 1.29 is 9.84 Å². The van der Waals surface area contributed by atoms with E-state index in [-0.39, 0.29) is 11.8 Å². The summed E-state index contributed by atoms with van der Waals surface area (Å²) in [6, 6.07) is 5.54. The van der Waals surface area contributed by atoms with Gasteiger partial charge in [-0.15, -0.1) is 0 Å². The van der Waals surface area contributed by atoms with Gasteiger partial charge in [0.05, 0.1) is 18.8 Å². The highest BCUT2D eigenvalue weighted by molar-refractivity contribution is 5.80. The van der Waals surface area contributed by atoms with E-state index < -0.39 is 0 Å². The van der Waals surface area contributed by atoms with Crippen molar-refractivity contribution in [1.29, 1.82) is 0 Å². The molecule has 1 unspecified atom stereocenters. The lowest BCUT2D eigenvalue weighted by molar-refractivity contribution is 0.318. The maximum absolute atomic E-state index is 9.84. The summed E-state index contributed by atoms with van der Waals surface area (Å²) in [5.74, 6) is 1.40. The molecule has 0 fully saturated rings. The van der Waals surface area contributed by atoms with E-state index in [1.165, 1.54) is 11.3 Å². The fourth-order valence-electron chi connectivity index (χ4n) is 3.12. The molecule has 0 radical (unpaired) electrons. The number of hydrogen-bond donors (Lipinski definition) is 3. The SMILES string of the molecule is CCNC(=NCc1ccc(O)c(OCC)c1)NC(C)Cc1c(C)nn(C)c1C. The van der Waals surface area contributed by atoms with E-state index in [9.17, 15) is 5.11 Å². The third-order valence-corrected chi connectivity index (χ3v) is 4.64. The summed E-state index contributed by atoms with van der Waals surface area (Å²) < 4.78 is 7.38. The van der Waals surface area contributed by atoms with Gasteiger partial charge in [0.25, 0.3) is 0 Å². The molecule has 7 nitrogen and oxygen atoms in total. The van der Waals surface area contributed by atoms with Crippen LogP contribution < -0.4 is 15.4 Å². The first kappa shape index (κ1) is 21.6. The minimum atomic E-state index is 0.149. The van der Waals surface area contributed by atoms with Gasteiger partial charge in [0.1, 0.15) is 0 Å². The molecule has 1 aromatic heterocycles. The number of rotatable bonds is 8. The molecule has 7 heteroatoms. The van der Waals surface area contributed by atoms with Crippen LogP contribution in [0.15, 0.2) is 23.2 Å². The smallest absolute Gasteiger partial charge is 0.191 e. The summed E-state index contributed by atoms with van der Waals surface area (Å²) in [7, 11) is 1.98. The molecule has 0 spiro atoms. The fraction of sp³-hybridized carbons (Fsp3) is 0.524. The molecule has 1 atom stereocenters. The number of nitrogens with zero attached hydrogens (tertiary/aromatic N) is 3. The first-order valence-electron chi connectivity index (χ1n) is 9.84. The summed E-state index contributed by atoms with van der Waals surface area (Å²) in [5.41, 5.74) is 4.52. The second-order valence-electron chi connectivity index (χ2n) is 6.95. The molecule has 0 aliphatic carbocycles. The normalized spacial score (nSPS) is 12.7. The Balaban J connectivity index is 2.06. The number of hydrogen-bond acceptors (Lipinski definition) is 4. The van der Waals surface area contributed by atoms with Crippen molar-refractivity contribution in [2.75, 3.05) is 13.2 Å².